The zero-order valence-corrected chi connectivity index (χ0v) is 20.5. The molecule has 8 heteroatoms. The second-order valence-corrected chi connectivity index (χ2v) is 10.0. The molecule has 0 radical (unpaired) electrons. The largest absolute Gasteiger partial charge is 0.376 e. The number of carbonyl (C=O) groups excluding carboxylic acids is 1. The fourth-order valence-corrected chi connectivity index (χ4v) is 5.96. The number of aryl methyl sites for hydroxylation is 1. The minimum atomic E-state index is -0.123. The van der Waals surface area contributed by atoms with Gasteiger partial charge in [0.05, 0.1) is 22.9 Å². The van der Waals surface area contributed by atoms with E-state index in [0.717, 1.165) is 41.8 Å². The number of rotatable bonds is 7. The molecule has 1 N–H and O–H groups in total. The van der Waals surface area contributed by atoms with Crippen LogP contribution in [-0.4, -0.2) is 40.5 Å². The van der Waals surface area contributed by atoms with E-state index in [1.54, 1.807) is 4.57 Å². The second-order valence-electron chi connectivity index (χ2n) is 8.24. The Morgan fingerprint density at radius 2 is 2.00 bits per heavy atom. The van der Waals surface area contributed by atoms with E-state index >= 15 is 0 Å². The number of para-hydroxylation sites is 1. The molecule has 0 unspecified atom stereocenters. The summed E-state index contributed by atoms with van der Waals surface area (Å²) in [6, 6.07) is 17.6. The molecule has 5 rings (SSSR count). The molecule has 0 saturated carbocycles. The van der Waals surface area contributed by atoms with E-state index in [1.165, 1.54) is 23.1 Å². The molecule has 34 heavy (non-hydrogen) atoms. The number of aromatic nitrogens is 2. The molecule has 1 amide bonds. The van der Waals surface area contributed by atoms with E-state index < -0.39 is 0 Å². The third kappa shape index (κ3) is 4.66. The number of amides is 1. The third-order valence-electron chi connectivity index (χ3n) is 5.90. The highest BCUT2D eigenvalue weighted by Gasteiger charge is 2.21. The van der Waals surface area contributed by atoms with Gasteiger partial charge >= 0.3 is 0 Å². The number of thioether (sulfide) groups is 1. The molecule has 4 aromatic rings. The molecule has 0 spiro atoms. The fraction of sp³-hybridized carbons (Fsp3) is 0.269. The molecule has 0 aliphatic carbocycles. The standard InChI is InChI=1S/C26H25N3O3S2/c1-17-8-5-6-12-21(17)29-25(31)23-20(18-9-3-2-4-10-18)15-33-24(23)28-26(29)34-16-22(30)27-14-19-11-7-13-32-19/h2-6,8-10,12,15,19H,7,11,13-14,16H2,1H3,(H,27,30)/t19-/m0/s1. The quantitative estimate of drug-likeness (QED) is 0.297. The molecule has 1 aliphatic rings. The molecule has 1 fully saturated rings. The topological polar surface area (TPSA) is 73.2 Å². The first-order chi connectivity index (χ1) is 16.6. The third-order valence-corrected chi connectivity index (χ3v) is 7.71. The van der Waals surface area contributed by atoms with Crippen molar-refractivity contribution in [3.05, 3.63) is 75.9 Å². The van der Waals surface area contributed by atoms with Crippen LogP contribution in [0, 0.1) is 6.92 Å². The van der Waals surface area contributed by atoms with Gasteiger partial charge in [-0.15, -0.1) is 11.3 Å². The number of carbonyl (C=O) groups is 1. The lowest BCUT2D eigenvalue weighted by molar-refractivity contribution is -0.119. The first-order valence-corrected chi connectivity index (χ1v) is 13.1. The minimum absolute atomic E-state index is 0.0936. The first kappa shape index (κ1) is 22.8. The summed E-state index contributed by atoms with van der Waals surface area (Å²) in [5.41, 5.74) is 3.48. The van der Waals surface area contributed by atoms with Gasteiger partial charge in [-0.25, -0.2) is 4.98 Å². The van der Waals surface area contributed by atoms with Crippen LogP contribution in [0.5, 0.6) is 0 Å². The summed E-state index contributed by atoms with van der Waals surface area (Å²) in [5, 5.41) is 6.05. The Morgan fingerprint density at radius 3 is 2.76 bits per heavy atom. The predicted molar refractivity (Wildman–Crippen MR) is 138 cm³/mol. The number of hydrogen-bond acceptors (Lipinski definition) is 6. The van der Waals surface area contributed by atoms with Gasteiger partial charge in [-0.2, -0.15) is 0 Å². The van der Waals surface area contributed by atoms with Gasteiger partial charge in [-0.1, -0.05) is 60.3 Å². The van der Waals surface area contributed by atoms with Crippen molar-refractivity contribution in [2.75, 3.05) is 18.9 Å². The Hall–Kier alpha value is -2.94. The molecule has 0 bridgehead atoms. The van der Waals surface area contributed by atoms with Crippen molar-refractivity contribution in [2.45, 2.75) is 31.0 Å². The SMILES string of the molecule is Cc1ccccc1-n1c(SCC(=O)NC[C@@H]2CCCO2)nc2scc(-c3ccccc3)c2c1=O. The van der Waals surface area contributed by atoms with E-state index in [1.807, 2.05) is 66.9 Å². The van der Waals surface area contributed by atoms with Crippen molar-refractivity contribution in [1.29, 1.82) is 0 Å². The van der Waals surface area contributed by atoms with E-state index in [-0.39, 0.29) is 23.3 Å². The number of benzene rings is 2. The molecule has 2 aromatic heterocycles. The van der Waals surface area contributed by atoms with Crippen molar-refractivity contribution in [3.8, 4) is 16.8 Å². The Labute approximate surface area is 206 Å². The minimum Gasteiger partial charge on any atom is -0.376 e. The molecule has 174 valence electrons. The predicted octanol–water partition coefficient (Wildman–Crippen LogP) is 4.81. The number of ether oxygens (including phenoxy) is 1. The molecular formula is C26H25N3O3S2. The maximum absolute atomic E-state index is 13.9. The second kappa shape index (κ2) is 10.1. The Kier molecular flexibility index (Phi) is 6.80. The van der Waals surface area contributed by atoms with Gasteiger partial charge in [0.1, 0.15) is 4.83 Å². The van der Waals surface area contributed by atoms with E-state index in [4.69, 9.17) is 9.72 Å². The van der Waals surface area contributed by atoms with Crippen LogP contribution >= 0.6 is 23.1 Å². The van der Waals surface area contributed by atoms with Crippen LogP contribution in [0.1, 0.15) is 18.4 Å². The summed E-state index contributed by atoms with van der Waals surface area (Å²) in [5.74, 6) is 0.0790. The summed E-state index contributed by atoms with van der Waals surface area (Å²) in [6.07, 6.45) is 2.10. The van der Waals surface area contributed by atoms with Crippen LogP contribution < -0.4 is 10.9 Å². The highest BCUT2D eigenvalue weighted by molar-refractivity contribution is 7.99. The highest BCUT2D eigenvalue weighted by Crippen LogP contribution is 2.33. The van der Waals surface area contributed by atoms with Crippen molar-refractivity contribution < 1.29 is 9.53 Å². The number of nitrogens with one attached hydrogen (secondary N) is 1. The lowest BCUT2D eigenvalue weighted by Crippen LogP contribution is -2.33. The van der Waals surface area contributed by atoms with Crippen LogP contribution in [-0.2, 0) is 9.53 Å². The molecule has 1 saturated heterocycles. The number of nitrogens with zero attached hydrogens (tertiary/aromatic N) is 2. The summed E-state index contributed by atoms with van der Waals surface area (Å²) in [4.78, 5) is 32.0. The molecule has 1 atom stereocenters. The molecular weight excluding hydrogens is 466 g/mol. The average molecular weight is 492 g/mol. The molecule has 3 heterocycles. The van der Waals surface area contributed by atoms with Crippen LogP contribution in [0.4, 0.5) is 0 Å². The zero-order chi connectivity index (χ0) is 23.5. The Balaban J connectivity index is 1.52. The molecule has 6 nitrogen and oxygen atoms in total. The smallest absolute Gasteiger partial charge is 0.268 e. The Morgan fingerprint density at radius 1 is 1.21 bits per heavy atom. The van der Waals surface area contributed by atoms with Crippen LogP contribution in [0.2, 0.25) is 0 Å². The van der Waals surface area contributed by atoms with Crippen molar-refractivity contribution in [1.82, 2.24) is 14.9 Å². The van der Waals surface area contributed by atoms with Crippen molar-refractivity contribution in [3.63, 3.8) is 0 Å². The monoisotopic (exact) mass is 491 g/mol. The van der Waals surface area contributed by atoms with Gasteiger partial charge < -0.3 is 10.1 Å². The summed E-state index contributed by atoms with van der Waals surface area (Å²) in [6.45, 7) is 3.25. The summed E-state index contributed by atoms with van der Waals surface area (Å²) in [7, 11) is 0. The highest BCUT2D eigenvalue weighted by atomic mass is 32.2. The van der Waals surface area contributed by atoms with Gasteiger partial charge in [0.15, 0.2) is 5.16 Å². The number of hydrogen-bond donors (Lipinski definition) is 1. The zero-order valence-electron chi connectivity index (χ0n) is 18.8. The van der Waals surface area contributed by atoms with E-state index in [9.17, 15) is 9.59 Å². The first-order valence-electron chi connectivity index (χ1n) is 11.3. The fourth-order valence-electron chi connectivity index (χ4n) is 4.14. The van der Waals surface area contributed by atoms with E-state index in [0.29, 0.717) is 21.9 Å². The summed E-state index contributed by atoms with van der Waals surface area (Å²) < 4.78 is 7.23. The maximum atomic E-state index is 13.9. The van der Waals surface area contributed by atoms with Gasteiger partial charge in [-0.05, 0) is 37.0 Å². The van der Waals surface area contributed by atoms with Gasteiger partial charge in [0, 0.05) is 24.1 Å². The van der Waals surface area contributed by atoms with Crippen LogP contribution in [0.15, 0.2) is 69.9 Å². The number of fused-ring (bicyclic) bond motifs is 1. The Bertz CT molecular complexity index is 1380. The lowest BCUT2D eigenvalue weighted by Gasteiger charge is -2.15. The van der Waals surface area contributed by atoms with Crippen LogP contribution in [0.25, 0.3) is 27.0 Å². The van der Waals surface area contributed by atoms with Gasteiger partial charge in [0.2, 0.25) is 5.91 Å². The molecule has 1 aliphatic heterocycles. The maximum Gasteiger partial charge on any atom is 0.268 e. The van der Waals surface area contributed by atoms with Crippen molar-refractivity contribution >= 4 is 39.2 Å². The lowest BCUT2D eigenvalue weighted by atomic mass is 10.1. The van der Waals surface area contributed by atoms with Gasteiger partial charge in [-0.3, -0.25) is 14.2 Å². The van der Waals surface area contributed by atoms with E-state index in [2.05, 4.69) is 5.32 Å². The van der Waals surface area contributed by atoms with Gasteiger partial charge in [0.25, 0.3) is 5.56 Å². The summed E-state index contributed by atoms with van der Waals surface area (Å²) >= 11 is 2.73. The number of thiophene rings is 1. The van der Waals surface area contributed by atoms with Crippen LogP contribution in [0.3, 0.4) is 0 Å². The van der Waals surface area contributed by atoms with Crippen molar-refractivity contribution in [2.24, 2.45) is 0 Å². The molecule has 2 aromatic carbocycles. The normalized spacial score (nSPS) is 15.6. The average Bonchev–Trinajstić information content (AvgIpc) is 3.53.